The molecule has 1 rings (SSSR count). The van der Waals surface area contributed by atoms with Gasteiger partial charge in [0.25, 0.3) is 0 Å². The highest BCUT2D eigenvalue weighted by atomic mass is 32.2. The number of carboxylic acids is 1. The summed E-state index contributed by atoms with van der Waals surface area (Å²) in [7, 11) is -3.80. The van der Waals surface area contributed by atoms with Crippen molar-refractivity contribution in [3.05, 3.63) is 29.3 Å². The van der Waals surface area contributed by atoms with Gasteiger partial charge in [0, 0.05) is 0 Å². The van der Waals surface area contributed by atoms with Crippen LogP contribution >= 0.6 is 0 Å². The number of nitrogens with one attached hydrogen (secondary N) is 1. The average Bonchev–Trinajstić information content (AvgIpc) is 2.25. The van der Waals surface area contributed by atoms with Gasteiger partial charge in [0.05, 0.1) is 4.90 Å². The Balaban J connectivity index is 3.22. The summed E-state index contributed by atoms with van der Waals surface area (Å²) < 4.78 is 26.2. The van der Waals surface area contributed by atoms with Crippen molar-refractivity contribution >= 4 is 16.0 Å². The molecule has 1 aromatic carbocycles. The first-order chi connectivity index (χ1) is 8.54. The van der Waals surface area contributed by atoms with Crippen molar-refractivity contribution in [1.29, 1.82) is 0 Å². The van der Waals surface area contributed by atoms with Gasteiger partial charge in [0.2, 0.25) is 10.0 Å². The fraction of sp³-hybridized carbons (Fsp3) is 0.462. The predicted molar refractivity (Wildman–Crippen MR) is 72.7 cm³/mol. The van der Waals surface area contributed by atoms with Gasteiger partial charge in [-0.2, -0.15) is 4.72 Å². The van der Waals surface area contributed by atoms with Crippen molar-refractivity contribution in [2.75, 3.05) is 6.54 Å². The number of hydrogen-bond acceptors (Lipinski definition) is 3. The lowest BCUT2D eigenvalue weighted by Crippen LogP contribution is -2.30. The van der Waals surface area contributed by atoms with E-state index in [1.165, 1.54) is 0 Å². The third kappa shape index (κ3) is 4.04. The van der Waals surface area contributed by atoms with Gasteiger partial charge in [0.1, 0.15) is 6.54 Å². The molecule has 0 spiro atoms. The highest BCUT2D eigenvalue weighted by molar-refractivity contribution is 7.89. The molecule has 0 aliphatic rings. The minimum absolute atomic E-state index is 0.126. The van der Waals surface area contributed by atoms with Crippen LogP contribution in [0, 0.1) is 6.92 Å². The van der Waals surface area contributed by atoms with Crippen LogP contribution in [-0.2, 0) is 20.2 Å². The molecule has 0 atom stereocenters. The average molecular weight is 285 g/mol. The van der Waals surface area contributed by atoms with E-state index in [1.807, 2.05) is 26.8 Å². The second-order valence-electron chi connectivity index (χ2n) is 5.45. The van der Waals surface area contributed by atoms with Crippen LogP contribution in [0.3, 0.4) is 0 Å². The van der Waals surface area contributed by atoms with E-state index < -0.39 is 22.5 Å². The molecule has 0 aliphatic carbocycles. The van der Waals surface area contributed by atoms with E-state index in [0.29, 0.717) is 5.56 Å². The van der Waals surface area contributed by atoms with Crippen LogP contribution < -0.4 is 4.72 Å². The Morgan fingerprint density at radius 2 is 1.89 bits per heavy atom. The van der Waals surface area contributed by atoms with E-state index in [4.69, 9.17) is 5.11 Å². The molecule has 0 unspecified atom stereocenters. The Morgan fingerprint density at radius 3 is 2.37 bits per heavy atom. The first-order valence-electron chi connectivity index (χ1n) is 5.86. The van der Waals surface area contributed by atoms with Crippen LogP contribution in [-0.4, -0.2) is 26.0 Å². The van der Waals surface area contributed by atoms with Gasteiger partial charge in [-0.25, -0.2) is 8.42 Å². The second-order valence-corrected chi connectivity index (χ2v) is 7.18. The number of rotatable bonds is 4. The van der Waals surface area contributed by atoms with Gasteiger partial charge in [-0.3, -0.25) is 4.79 Å². The van der Waals surface area contributed by atoms with Crippen molar-refractivity contribution in [2.24, 2.45) is 0 Å². The lowest BCUT2D eigenvalue weighted by molar-refractivity contribution is -0.135. The molecule has 5 nitrogen and oxygen atoms in total. The molecule has 0 saturated heterocycles. The number of aliphatic carboxylic acids is 1. The summed E-state index contributed by atoms with van der Waals surface area (Å²) in [5.41, 5.74) is 1.30. The van der Waals surface area contributed by atoms with Crippen molar-refractivity contribution in [3.63, 3.8) is 0 Å². The molecule has 0 aliphatic heterocycles. The van der Waals surface area contributed by atoms with Gasteiger partial charge in [-0.1, -0.05) is 32.9 Å². The van der Waals surface area contributed by atoms with Gasteiger partial charge in [-0.15, -0.1) is 0 Å². The van der Waals surface area contributed by atoms with E-state index in [-0.39, 0.29) is 10.3 Å². The zero-order chi connectivity index (χ0) is 14.8. The van der Waals surface area contributed by atoms with Crippen LogP contribution in [0.2, 0.25) is 0 Å². The van der Waals surface area contributed by atoms with Crippen LogP contribution in [0.4, 0.5) is 0 Å². The highest BCUT2D eigenvalue weighted by Gasteiger charge is 2.21. The maximum atomic E-state index is 12.1. The summed E-state index contributed by atoms with van der Waals surface area (Å²) in [6, 6.07) is 5.21. The van der Waals surface area contributed by atoms with Crippen molar-refractivity contribution in [2.45, 2.75) is 38.0 Å². The molecule has 0 bridgehead atoms. The monoisotopic (exact) mass is 285 g/mol. The molecule has 19 heavy (non-hydrogen) atoms. The molecule has 0 aromatic heterocycles. The second kappa shape index (κ2) is 5.30. The normalized spacial score (nSPS) is 12.4. The van der Waals surface area contributed by atoms with Crippen molar-refractivity contribution in [3.8, 4) is 0 Å². The Hall–Kier alpha value is -1.40. The quantitative estimate of drug-likeness (QED) is 0.881. The van der Waals surface area contributed by atoms with E-state index in [2.05, 4.69) is 4.72 Å². The molecule has 2 N–H and O–H groups in total. The zero-order valence-electron chi connectivity index (χ0n) is 11.5. The number of hydrogen-bond donors (Lipinski definition) is 2. The fourth-order valence-corrected chi connectivity index (χ4v) is 2.83. The van der Waals surface area contributed by atoms with Gasteiger partial charge >= 0.3 is 5.97 Å². The molecule has 0 amide bonds. The summed E-state index contributed by atoms with van der Waals surface area (Å²) in [5.74, 6) is -1.21. The molecule has 0 radical (unpaired) electrons. The van der Waals surface area contributed by atoms with E-state index >= 15 is 0 Å². The standard InChI is InChI=1S/C13H19NO4S/c1-9-5-6-10(13(2,3)4)7-11(9)19(17,18)14-8-12(15)16/h5-7,14H,8H2,1-4H3,(H,15,16). The minimum Gasteiger partial charge on any atom is -0.480 e. The molecule has 6 heteroatoms. The lowest BCUT2D eigenvalue weighted by atomic mass is 9.87. The van der Waals surface area contributed by atoms with Gasteiger partial charge in [0.15, 0.2) is 0 Å². The zero-order valence-corrected chi connectivity index (χ0v) is 12.3. The lowest BCUT2D eigenvalue weighted by Gasteiger charge is -2.20. The van der Waals surface area contributed by atoms with Crippen molar-refractivity contribution in [1.82, 2.24) is 4.72 Å². The molecular formula is C13H19NO4S. The number of sulfonamides is 1. The summed E-state index contributed by atoms with van der Waals surface area (Å²) in [4.78, 5) is 10.6. The maximum Gasteiger partial charge on any atom is 0.318 e. The summed E-state index contributed by atoms with van der Waals surface area (Å²) in [5, 5.41) is 8.55. The van der Waals surface area contributed by atoms with Gasteiger partial charge in [-0.05, 0) is 29.5 Å². The molecule has 0 heterocycles. The highest BCUT2D eigenvalue weighted by Crippen LogP contribution is 2.26. The maximum absolute atomic E-state index is 12.1. The smallest absolute Gasteiger partial charge is 0.318 e. The van der Waals surface area contributed by atoms with Crippen molar-refractivity contribution < 1.29 is 18.3 Å². The summed E-state index contributed by atoms with van der Waals surface area (Å²) in [6.07, 6.45) is 0. The summed E-state index contributed by atoms with van der Waals surface area (Å²) in [6.45, 7) is 7.01. The first-order valence-corrected chi connectivity index (χ1v) is 7.35. The van der Waals surface area contributed by atoms with Crippen LogP contribution in [0.15, 0.2) is 23.1 Å². The largest absolute Gasteiger partial charge is 0.480 e. The topological polar surface area (TPSA) is 83.5 Å². The Morgan fingerprint density at radius 1 is 1.32 bits per heavy atom. The van der Waals surface area contributed by atoms with E-state index in [1.54, 1.807) is 19.1 Å². The van der Waals surface area contributed by atoms with Crippen LogP contribution in [0.5, 0.6) is 0 Å². The van der Waals surface area contributed by atoms with E-state index in [9.17, 15) is 13.2 Å². The molecular weight excluding hydrogens is 266 g/mol. The Bertz CT molecular complexity index is 585. The number of benzene rings is 1. The third-order valence-corrected chi connectivity index (χ3v) is 4.30. The molecule has 0 saturated carbocycles. The number of carbonyl (C=O) groups is 1. The SMILES string of the molecule is Cc1ccc(C(C)(C)C)cc1S(=O)(=O)NCC(=O)O. The molecule has 106 valence electrons. The van der Waals surface area contributed by atoms with Crippen LogP contribution in [0.1, 0.15) is 31.9 Å². The summed E-state index contributed by atoms with van der Waals surface area (Å²) >= 11 is 0. The van der Waals surface area contributed by atoms with Gasteiger partial charge < -0.3 is 5.11 Å². The van der Waals surface area contributed by atoms with E-state index in [0.717, 1.165) is 5.56 Å². The molecule has 1 aromatic rings. The first kappa shape index (κ1) is 15.7. The Kier molecular flexibility index (Phi) is 4.37. The number of aryl methyl sites for hydroxylation is 1. The minimum atomic E-state index is -3.80. The predicted octanol–water partition coefficient (Wildman–Crippen LogP) is 1.66. The third-order valence-electron chi connectivity index (χ3n) is 2.76. The van der Waals surface area contributed by atoms with Crippen LogP contribution in [0.25, 0.3) is 0 Å². The molecule has 0 fully saturated rings. The Labute approximate surface area is 113 Å². The fourth-order valence-electron chi connectivity index (χ4n) is 1.59. The number of carboxylic acid groups (broad SMARTS) is 1.